The van der Waals surface area contributed by atoms with E-state index in [0.29, 0.717) is 10.7 Å². The van der Waals surface area contributed by atoms with Crippen molar-refractivity contribution in [1.29, 1.82) is 0 Å². The maximum absolute atomic E-state index is 5.76. The molecule has 0 saturated heterocycles. The third-order valence-electron chi connectivity index (χ3n) is 3.05. The van der Waals surface area contributed by atoms with Crippen LogP contribution in [0.5, 0.6) is 0 Å². The van der Waals surface area contributed by atoms with Crippen LogP contribution in [0.1, 0.15) is 25.3 Å². The van der Waals surface area contributed by atoms with Gasteiger partial charge in [-0.15, -0.1) is 0 Å². The molecule has 13 heavy (non-hydrogen) atoms. The lowest BCUT2D eigenvalue weighted by molar-refractivity contribution is 0.686. The first-order valence-electron chi connectivity index (χ1n) is 4.69. The Labute approximate surface area is 84.7 Å². The Morgan fingerprint density at radius 1 is 1.46 bits per heavy atom. The molecule has 0 amide bonds. The van der Waals surface area contributed by atoms with Crippen LogP contribution >= 0.6 is 12.6 Å². The van der Waals surface area contributed by atoms with Crippen LogP contribution in [0.25, 0.3) is 0 Å². The van der Waals surface area contributed by atoms with Crippen molar-refractivity contribution in [3.8, 4) is 0 Å². The minimum atomic E-state index is 0.318. The summed E-state index contributed by atoms with van der Waals surface area (Å²) in [5.74, 6) is 0. The molecule has 1 atom stereocenters. The zero-order chi connectivity index (χ0) is 9.47. The SMILES string of the molecule is CC(S)C1(c2cccc(N)c2)CC1. The molecular formula is C11H15NS. The molecule has 0 radical (unpaired) electrons. The monoisotopic (exact) mass is 193 g/mol. The second-order valence-electron chi connectivity index (χ2n) is 3.96. The molecule has 1 aliphatic carbocycles. The van der Waals surface area contributed by atoms with Gasteiger partial charge in [0, 0.05) is 16.4 Å². The second kappa shape index (κ2) is 2.95. The molecule has 1 fully saturated rings. The number of nitrogens with two attached hydrogens (primary N) is 1. The number of rotatable bonds is 2. The maximum Gasteiger partial charge on any atom is 0.0316 e. The Morgan fingerprint density at radius 2 is 2.15 bits per heavy atom. The number of benzene rings is 1. The molecule has 0 heterocycles. The number of anilines is 1. The highest BCUT2D eigenvalue weighted by atomic mass is 32.1. The first-order valence-corrected chi connectivity index (χ1v) is 5.21. The third kappa shape index (κ3) is 1.44. The smallest absolute Gasteiger partial charge is 0.0316 e. The number of thiol groups is 1. The van der Waals surface area contributed by atoms with E-state index in [1.165, 1.54) is 18.4 Å². The van der Waals surface area contributed by atoms with Gasteiger partial charge >= 0.3 is 0 Å². The Kier molecular flexibility index (Phi) is 2.03. The first kappa shape index (κ1) is 8.95. The third-order valence-corrected chi connectivity index (χ3v) is 3.54. The van der Waals surface area contributed by atoms with Crippen molar-refractivity contribution >= 4 is 18.3 Å². The van der Waals surface area contributed by atoms with Crippen LogP contribution in [0.15, 0.2) is 24.3 Å². The normalized spacial score (nSPS) is 21.1. The summed E-state index contributed by atoms with van der Waals surface area (Å²) in [6.45, 7) is 2.17. The predicted molar refractivity (Wildman–Crippen MR) is 60.2 cm³/mol. The van der Waals surface area contributed by atoms with Gasteiger partial charge in [-0.05, 0) is 30.5 Å². The highest BCUT2D eigenvalue weighted by Crippen LogP contribution is 2.52. The van der Waals surface area contributed by atoms with E-state index in [0.717, 1.165) is 5.69 Å². The van der Waals surface area contributed by atoms with Crippen molar-refractivity contribution < 1.29 is 0 Å². The molecule has 2 N–H and O–H groups in total. The minimum absolute atomic E-state index is 0.318. The Bertz CT molecular complexity index is 316. The van der Waals surface area contributed by atoms with Gasteiger partial charge in [0.05, 0.1) is 0 Å². The van der Waals surface area contributed by atoms with Gasteiger partial charge in [0.25, 0.3) is 0 Å². The highest BCUT2D eigenvalue weighted by Gasteiger charge is 2.47. The van der Waals surface area contributed by atoms with Crippen LogP contribution in [0.4, 0.5) is 5.69 Å². The van der Waals surface area contributed by atoms with Gasteiger partial charge in [-0.2, -0.15) is 12.6 Å². The highest BCUT2D eigenvalue weighted by molar-refractivity contribution is 7.81. The van der Waals surface area contributed by atoms with Crippen LogP contribution in [0.2, 0.25) is 0 Å². The van der Waals surface area contributed by atoms with Crippen molar-refractivity contribution in [3.63, 3.8) is 0 Å². The zero-order valence-electron chi connectivity index (χ0n) is 7.83. The molecule has 2 rings (SSSR count). The van der Waals surface area contributed by atoms with Gasteiger partial charge in [0.15, 0.2) is 0 Å². The number of hydrogen-bond acceptors (Lipinski definition) is 2. The molecule has 70 valence electrons. The van der Waals surface area contributed by atoms with E-state index >= 15 is 0 Å². The summed E-state index contributed by atoms with van der Waals surface area (Å²) in [5.41, 5.74) is 8.29. The van der Waals surface area contributed by atoms with E-state index in [1.54, 1.807) is 0 Å². The molecule has 0 spiro atoms. The van der Waals surface area contributed by atoms with Gasteiger partial charge in [-0.1, -0.05) is 19.1 Å². The molecule has 0 aliphatic heterocycles. The fraction of sp³-hybridized carbons (Fsp3) is 0.455. The summed E-state index contributed by atoms with van der Waals surface area (Å²) in [6, 6.07) is 8.21. The van der Waals surface area contributed by atoms with Crippen molar-refractivity contribution in [3.05, 3.63) is 29.8 Å². The zero-order valence-corrected chi connectivity index (χ0v) is 8.72. The van der Waals surface area contributed by atoms with E-state index in [4.69, 9.17) is 5.73 Å². The van der Waals surface area contributed by atoms with E-state index in [9.17, 15) is 0 Å². The van der Waals surface area contributed by atoms with Crippen molar-refractivity contribution in [2.24, 2.45) is 0 Å². The van der Waals surface area contributed by atoms with Crippen molar-refractivity contribution in [2.75, 3.05) is 5.73 Å². The van der Waals surface area contributed by atoms with Crippen LogP contribution < -0.4 is 5.73 Å². The standard InChI is InChI=1S/C11H15NS/c1-8(13)11(5-6-11)9-3-2-4-10(12)7-9/h2-4,7-8,13H,5-6,12H2,1H3. The van der Waals surface area contributed by atoms with Gasteiger partial charge in [0.1, 0.15) is 0 Å². The quantitative estimate of drug-likeness (QED) is 0.548. The Hall–Kier alpha value is -0.630. The fourth-order valence-corrected chi connectivity index (χ4v) is 2.34. The average Bonchev–Trinajstić information content (AvgIpc) is 2.83. The lowest BCUT2D eigenvalue weighted by atomic mass is 9.92. The van der Waals surface area contributed by atoms with Gasteiger partial charge in [-0.3, -0.25) is 0 Å². The first-order chi connectivity index (χ1) is 6.15. The lowest BCUT2D eigenvalue weighted by Gasteiger charge is -2.19. The Balaban J connectivity index is 2.35. The minimum Gasteiger partial charge on any atom is -0.399 e. The molecule has 1 unspecified atom stereocenters. The summed E-state index contributed by atoms with van der Waals surface area (Å²) in [4.78, 5) is 0. The molecule has 1 aliphatic rings. The molecular weight excluding hydrogens is 178 g/mol. The van der Waals surface area contributed by atoms with E-state index in [-0.39, 0.29) is 0 Å². The molecule has 0 aromatic heterocycles. The summed E-state index contributed by atoms with van der Waals surface area (Å²) in [7, 11) is 0. The van der Waals surface area contributed by atoms with Gasteiger partial charge in [0.2, 0.25) is 0 Å². The number of nitrogen functional groups attached to an aromatic ring is 1. The number of hydrogen-bond donors (Lipinski definition) is 2. The van der Waals surface area contributed by atoms with Crippen LogP contribution in [0.3, 0.4) is 0 Å². The average molecular weight is 193 g/mol. The second-order valence-corrected chi connectivity index (χ2v) is 4.73. The van der Waals surface area contributed by atoms with Crippen molar-refractivity contribution in [2.45, 2.75) is 30.4 Å². The molecule has 2 heteroatoms. The van der Waals surface area contributed by atoms with Crippen molar-refractivity contribution in [1.82, 2.24) is 0 Å². The molecule has 0 bridgehead atoms. The van der Waals surface area contributed by atoms with Gasteiger partial charge < -0.3 is 5.73 Å². The largest absolute Gasteiger partial charge is 0.399 e. The van der Waals surface area contributed by atoms with E-state index in [1.807, 2.05) is 12.1 Å². The molecule has 1 nitrogen and oxygen atoms in total. The molecule has 1 aromatic rings. The Morgan fingerprint density at radius 3 is 2.62 bits per heavy atom. The fourth-order valence-electron chi connectivity index (χ4n) is 1.93. The maximum atomic E-state index is 5.76. The van der Waals surface area contributed by atoms with Gasteiger partial charge in [-0.25, -0.2) is 0 Å². The van der Waals surface area contributed by atoms with Crippen LogP contribution in [0, 0.1) is 0 Å². The van der Waals surface area contributed by atoms with E-state index < -0.39 is 0 Å². The van der Waals surface area contributed by atoms with Crippen LogP contribution in [-0.2, 0) is 5.41 Å². The summed E-state index contributed by atoms with van der Waals surface area (Å²) < 4.78 is 0. The lowest BCUT2D eigenvalue weighted by Crippen LogP contribution is -2.17. The van der Waals surface area contributed by atoms with E-state index in [2.05, 4.69) is 31.7 Å². The predicted octanol–water partition coefficient (Wildman–Crippen LogP) is 2.62. The topological polar surface area (TPSA) is 26.0 Å². The molecule has 1 aromatic carbocycles. The summed E-state index contributed by atoms with van der Waals surface area (Å²) in [6.07, 6.45) is 2.50. The summed E-state index contributed by atoms with van der Waals surface area (Å²) >= 11 is 4.55. The molecule has 1 saturated carbocycles. The summed E-state index contributed by atoms with van der Waals surface area (Å²) in [5, 5.41) is 0.425. The van der Waals surface area contributed by atoms with Crippen LogP contribution in [-0.4, -0.2) is 5.25 Å².